The van der Waals surface area contributed by atoms with E-state index in [1.54, 1.807) is 6.26 Å². The molecule has 0 aliphatic carbocycles. The molecule has 0 spiro atoms. The molecule has 1 aromatic heterocycles. The Morgan fingerprint density at radius 2 is 0.805 bits per heavy atom. The van der Waals surface area contributed by atoms with Crippen LogP contribution in [0.5, 0.6) is 0 Å². The predicted molar refractivity (Wildman–Crippen MR) is 395 cm³/mol. The van der Waals surface area contributed by atoms with E-state index >= 15 is 0 Å². The molecule has 1 atom stereocenters. The van der Waals surface area contributed by atoms with Gasteiger partial charge in [0, 0.05) is 13.0 Å². The van der Waals surface area contributed by atoms with Crippen LogP contribution in [-0.4, -0.2) is 35.1 Å². The SMILES string of the molecule is C.C.C/C(=C/CC(C)C)CO.C/C(=C\CC(C)C)CO.CC(C)=CCC(C)C.CC(C)CCC(C)CO.CC(C)CCc1ccccc1.CC(C)Cc1ccccc1.CC(C)Cc1ccco1.CC(C)c1ccccc1.Cc1cccc(CC(C)C)c1. The first kappa shape index (κ1) is 93.4. The smallest absolute Gasteiger partial charge is 0.104 e. The molecule has 4 heteroatoms. The fraction of sp³-hybridized carbons (Fsp3) is 0.590. The van der Waals surface area contributed by atoms with Crippen LogP contribution in [0.2, 0.25) is 0 Å². The summed E-state index contributed by atoms with van der Waals surface area (Å²) in [5.41, 5.74) is 10.7. The summed E-state index contributed by atoms with van der Waals surface area (Å²) in [7, 11) is 0. The maximum atomic E-state index is 8.65. The minimum atomic E-state index is 0. The van der Waals surface area contributed by atoms with Crippen molar-refractivity contribution in [3.63, 3.8) is 0 Å². The molecule has 5 rings (SSSR count). The van der Waals surface area contributed by atoms with Crippen molar-refractivity contribution in [2.75, 3.05) is 19.8 Å². The third-order valence-corrected chi connectivity index (χ3v) is 12.6. The molecule has 0 fully saturated rings. The van der Waals surface area contributed by atoms with Gasteiger partial charge in [-0.15, -0.1) is 0 Å². The molecule has 1 heterocycles. The van der Waals surface area contributed by atoms with Gasteiger partial charge < -0.3 is 19.7 Å². The summed E-state index contributed by atoms with van der Waals surface area (Å²) in [5.74, 6) is 8.26. The van der Waals surface area contributed by atoms with Gasteiger partial charge in [0.05, 0.1) is 19.5 Å². The molecular weight excluding hydrogens is 1060 g/mol. The van der Waals surface area contributed by atoms with E-state index in [1.165, 1.54) is 71.9 Å². The van der Waals surface area contributed by atoms with E-state index in [2.05, 4.69) is 280 Å². The second kappa shape index (κ2) is 62.9. The number of aryl methyl sites for hydroxylation is 2. The van der Waals surface area contributed by atoms with E-state index in [4.69, 9.17) is 19.7 Å². The van der Waals surface area contributed by atoms with E-state index < -0.39 is 0 Å². The molecule has 0 radical (unpaired) electrons. The predicted octanol–water partition coefficient (Wildman–Crippen LogP) is 24.9. The molecule has 0 bridgehead atoms. The summed E-state index contributed by atoms with van der Waals surface area (Å²) >= 11 is 0. The normalized spacial score (nSPS) is 11.0. The van der Waals surface area contributed by atoms with Crippen LogP contribution in [-0.2, 0) is 25.7 Å². The van der Waals surface area contributed by atoms with Crippen LogP contribution in [0.4, 0.5) is 0 Å². The Balaban J connectivity index is -0.000000212. The molecule has 500 valence electrons. The van der Waals surface area contributed by atoms with Crippen LogP contribution in [0.1, 0.15) is 252 Å². The third-order valence-electron chi connectivity index (χ3n) is 12.6. The molecule has 0 aliphatic rings. The largest absolute Gasteiger partial charge is 0.469 e. The molecule has 4 aromatic carbocycles. The van der Waals surface area contributed by atoms with E-state index in [0.29, 0.717) is 36.2 Å². The highest BCUT2D eigenvalue weighted by atomic mass is 16.3. The van der Waals surface area contributed by atoms with E-state index in [0.717, 1.165) is 72.2 Å². The van der Waals surface area contributed by atoms with E-state index in [1.807, 2.05) is 32.0 Å². The first-order valence-electron chi connectivity index (χ1n) is 33.0. The van der Waals surface area contributed by atoms with Crippen molar-refractivity contribution >= 4 is 0 Å². The van der Waals surface area contributed by atoms with Gasteiger partial charge in [0.2, 0.25) is 0 Å². The first-order chi connectivity index (χ1) is 40.0. The first-order valence-corrected chi connectivity index (χ1v) is 33.0. The van der Waals surface area contributed by atoms with Crippen molar-refractivity contribution < 1.29 is 19.7 Å². The zero-order valence-electron chi connectivity index (χ0n) is 59.6. The lowest BCUT2D eigenvalue weighted by Gasteiger charge is -2.08. The summed E-state index contributed by atoms with van der Waals surface area (Å²) in [4.78, 5) is 0. The molecule has 4 nitrogen and oxygen atoms in total. The van der Waals surface area contributed by atoms with Gasteiger partial charge >= 0.3 is 0 Å². The van der Waals surface area contributed by atoms with Gasteiger partial charge in [-0.2, -0.15) is 0 Å². The second-order valence-corrected chi connectivity index (χ2v) is 27.2. The van der Waals surface area contributed by atoms with E-state index in [9.17, 15) is 0 Å². The van der Waals surface area contributed by atoms with Gasteiger partial charge in [-0.25, -0.2) is 0 Å². The average Bonchev–Trinajstić information content (AvgIpc) is 4.15. The van der Waals surface area contributed by atoms with Crippen molar-refractivity contribution in [3.05, 3.63) is 202 Å². The number of benzene rings is 4. The molecule has 0 saturated heterocycles. The summed E-state index contributed by atoms with van der Waals surface area (Å²) in [6.07, 6.45) is 19.9. The second-order valence-electron chi connectivity index (χ2n) is 27.2. The molecule has 1 unspecified atom stereocenters. The standard InChI is InChI=1S/2C11H16.C10H14.C9H12.C8H12O.C8H18O.2C8H16O.C8H16.2CH4/c1-9(2)7-11-6-4-5-10(3)8-11;1-10(2)8-9-11-6-4-3-5-7-11;1-9(2)8-10-6-4-3-5-7-10;1-8(2)9-6-4-3-5-7-9;1-7(2)6-8-4-3-5-9-8;3*1-7(2)4-5-8(3)6-9;1-7(2)5-6-8(3)4;;/h4-6,8-9H,7H2,1-3H3;3-7,10H,8-9H2,1-2H3;3-7,9H,8H2,1-2H3;3-8H,1-2H3;3-5,7H,6H2,1-2H3;7-9H,4-6H2,1-3H3;2*5,7,9H,4,6H2,1-3H3;5,8H,6H2,1-4H3;2*1H4/b;;;;;;8-5+;8-5-;;;. The third kappa shape index (κ3) is 73.6. The lowest BCUT2D eigenvalue weighted by atomic mass is 10.0. The minimum Gasteiger partial charge on any atom is -0.469 e. The zero-order chi connectivity index (χ0) is 65.5. The van der Waals surface area contributed by atoms with Crippen LogP contribution < -0.4 is 0 Å². The van der Waals surface area contributed by atoms with Gasteiger partial charge in [-0.3, -0.25) is 0 Å². The van der Waals surface area contributed by atoms with Gasteiger partial charge in [-0.1, -0.05) is 309 Å². The molecular formula is C83H144O4. The molecule has 87 heavy (non-hydrogen) atoms. The van der Waals surface area contributed by atoms with Crippen LogP contribution in [0.3, 0.4) is 0 Å². The Kier molecular flexibility index (Phi) is 67.5. The van der Waals surface area contributed by atoms with Gasteiger partial charge in [0.25, 0.3) is 0 Å². The van der Waals surface area contributed by atoms with Gasteiger partial charge in [0.15, 0.2) is 0 Å². The van der Waals surface area contributed by atoms with Crippen LogP contribution in [0.15, 0.2) is 173 Å². The lowest BCUT2D eigenvalue weighted by molar-refractivity contribution is 0.224. The Hall–Kier alpha value is -4.74. The van der Waals surface area contributed by atoms with Crippen LogP contribution in [0.25, 0.3) is 0 Å². The summed E-state index contributed by atoms with van der Waals surface area (Å²) in [6, 6.07) is 44.5. The Morgan fingerprint density at radius 3 is 1.13 bits per heavy atom. The Morgan fingerprint density at radius 1 is 0.402 bits per heavy atom. The van der Waals surface area contributed by atoms with Crippen molar-refractivity contribution in [2.24, 2.45) is 53.3 Å². The number of furan rings is 1. The Labute approximate surface area is 543 Å². The highest BCUT2D eigenvalue weighted by Crippen LogP contribution is 2.14. The highest BCUT2D eigenvalue weighted by molar-refractivity contribution is 5.22. The zero-order valence-corrected chi connectivity index (χ0v) is 59.6. The summed E-state index contributed by atoms with van der Waals surface area (Å²) in [6.45, 7) is 53.0. The highest BCUT2D eigenvalue weighted by Gasteiger charge is 2.02. The van der Waals surface area contributed by atoms with Crippen molar-refractivity contribution in [2.45, 2.75) is 251 Å². The summed E-state index contributed by atoms with van der Waals surface area (Å²) < 4.78 is 5.14. The Bertz CT molecular complexity index is 2190. The number of aliphatic hydroxyl groups excluding tert-OH is 3. The molecule has 3 N–H and O–H groups in total. The number of hydrogen-bond donors (Lipinski definition) is 3. The molecule has 5 aromatic rings. The molecule has 0 amide bonds. The topological polar surface area (TPSA) is 73.8 Å². The van der Waals surface area contributed by atoms with Gasteiger partial charge in [0.1, 0.15) is 5.76 Å². The fourth-order valence-electron chi connectivity index (χ4n) is 7.35. The van der Waals surface area contributed by atoms with Crippen LogP contribution >= 0.6 is 0 Å². The van der Waals surface area contributed by atoms with Gasteiger partial charge in [-0.05, 0) is 180 Å². The summed E-state index contributed by atoms with van der Waals surface area (Å²) in [5, 5.41) is 25.8. The van der Waals surface area contributed by atoms with Crippen molar-refractivity contribution in [1.82, 2.24) is 0 Å². The maximum Gasteiger partial charge on any atom is 0.104 e. The van der Waals surface area contributed by atoms with Crippen molar-refractivity contribution in [3.8, 4) is 0 Å². The fourth-order valence-corrected chi connectivity index (χ4v) is 7.35. The lowest BCUT2D eigenvalue weighted by Crippen LogP contribution is -2.01. The number of aliphatic hydroxyl groups is 3. The quantitative estimate of drug-likeness (QED) is 0.0604. The number of allylic oxidation sites excluding steroid dienone is 4. The van der Waals surface area contributed by atoms with E-state index in [-0.39, 0.29) is 28.1 Å². The minimum absolute atomic E-state index is 0. The maximum absolute atomic E-state index is 8.65. The van der Waals surface area contributed by atoms with Crippen molar-refractivity contribution in [1.29, 1.82) is 0 Å². The monoisotopic (exact) mass is 1210 g/mol. The number of hydrogen-bond acceptors (Lipinski definition) is 4. The number of rotatable bonds is 22. The molecule has 0 saturated carbocycles. The molecule has 0 aliphatic heterocycles. The van der Waals surface area contributed by atoms with Crippen LogP contribution in [0, 0.1) is 60.2 Å². The average molecular weight is 1210 g/mol.